The number of benzene rings is 1. The van der Waals surface area contributed by atoms with Crippen molar-refractivity contribution in [3.05, 3.63) is 48.4 Å². The molecule has 0 saturated carbocycles. The lowest BCUT2D eigenvalue weighted by atomic mass is 9.93. The fraction of sp³-hybridized carbons (Fsp3) is 0.368. The highest BCUT2D eigenvalue weighted by Crippen LogP contribution is 2.23. The number of aliphatic hydroxyl groups is 3. The molecule has 11 nitrogen and oxygen atoms in total. The summed E-state index contributed by atoms with van der Waals surface area (Å²) < 4.78 is 6.57. The minimum Gasteiger partial charge on any atom is -0.478 e. The van der Waals surface area contributed by atoms with Gasteiger partial charge in [0.1, 0.15) is 24.0 Å². The van der Waals surface area contributed by atoms with Gasteiger partial charge in [0.05, 0.1) is 18.8 Å². The van der Waals surface area contributed by atoms with Crippen molar-refractivity contribution in [1.29, 1.82) is 0 Å². The molecule has 3 rings (SSSR count). The number of nitrogens with zero attached hydrogens (tertiary/aromatic N) is 3. The van der Waals surface area contributed by atoms with Gasteiger partial charge in [-0.05, 0) is 6.08 Å². The Morgan fingerprint density at radius 3 is 2.60 bits per heavy atom. The van der Waals surface area contributed by atoms with E-state index >= 15 is 0 Å². The molecule has 0 radical (unpaired) electrons. The van der Waals surface area contributed by atoms with Crippen LogP contribution >= 0.6 is 0 Å². The molecule has 0 saturated heterocycles. The van der Waals surface area contributed by atoms with Crippen molar-refractivity contribution in [1.82, 2.24) is 20.3 Å². The largest absolute Gasteiger partial charge is 0.478 e. The first-order valence-electron chi connectivity index (χ1n) is 9.15. The Kier molecular flexibility index (Phi) is 6.45. The number of carboxylic acid groups (broad SMARTS) is 1. The average molecular weight is 418 g/mol. The van der Waals surface area contributed by atoms with E-state index in [9.17, 15) is 24.9 Å². The van der Waals surface area contributed by atoms with Crippen LogP contribution in [-0.4, -0.2) is 77.8 Å². The van der Waals surface area contributed by atoms with Crippen molar-refractivity contribution in [2.45, 2.75) is 43.9 Å². The third-order valence-electron chi connectivity index (χ3n) is 4.60. The molecule has 160 valence electrons. The van der Waals surface area contributed by atoms with Crippen molar-refractivity contribution in [2.75, 3.05) is 0 Å². The average Bonchev–Trinajstić information content (AvgIpc) is 3.17. The quantitative estimate of drug-likeness (QED) is 0.375. The first-order chi connectivity index (χ1) is 14.3. The topological polar surface area (TPSA) is 167 Å². The minimum atomic E-state index is -1.65. The van der Waals surface area contributed by atoms with Crippen LogP contribution in [0.15, 0.2) is 48.4 Å². The van der Waals surface area contributed by atoms with Crippen LogP contribution in [0.2, 0.25) is 0 Å². The minimum absolute atomic E-state index is 0.185. The van der Waals surface area contributed by atoms with Crippen molar-refractivity contribution in [3.63, 3.8) is 0 Å². The predicted molar refractivity (Wildman–Crippen MR) is 102 cm³/mol. The fourth-order valence-corrected chi connectivity index (χ4v) is 3.17. The maximum atomic E-state index is 11.5. The van der Waals surface area contributed by atoms with Crippen LogP contribution in [0.5, 0.6) is 0 Å². The molecule has 1 aromatic heterocycles. The van der Waals surface area contributed by atoms with E-state index in [2.05, 4.69) is 15.6 Å². The zero-order valence-corrected chi connectivity index (χ0v) is 16.0. The second-order valence-corrected chi connectivity index (χ2v) is 6.89. The van der Waals surface area contributed by atoms with Crippen LogP contribution in [0.1, 0.15) is 6.92 Å². The van der Waals surface area contributed by atoms with Crippen molar-refractivity contribution in [3.8, 4) is 11.3 Å². The second kappa shape index (κ2) is 9.03. The molecule has 1 amide bonds. The Morgan fingerprint density at radius 2 is 1.97 bits per heavy atom. The van der Waals surface area contributed by atoms with Gasteiger partial charge in [0.25, 0.3) is 0 Å². The molecule has 0 bridgehead atoms. The SMILES string of the molecule is CC(=O)N[C@H]1C([C@@H](O)[C@@H](O)Cn2cc(-c3ccccc3)nn2)OC(C(=O)O)=C[C@@H]1O. The van der Waals surface area contributed by atoms with Crippen LogP contribution in [0.3, 0.4) is 0 Å². The van der Waals surface area contributed by atoms with E-state index in [1.807, 2.05) is 30.3 Å². The molecule has 5 atom stereocenters. The summed E-state index contributed by atoms with van der Waals surface area (Å²) in [6.07, 6.45) is -3.46. The molecular formula is C19H22N4O7. The number of carboxylic acids is 1. The first-order valence-corrected chi connectivity index (χ1v) is 9.15. The zero-order chi connectivity index (χ0) is 21.8. The fourth-order valence-electron chi connectivity index (χ4n) is 3.17. The lowest BCUT2D eigenvalue weighted by Crippen LogP contribution is -2.59. The molecule has 0 spiro atoms. The number of nitrogens with one attached hydrogen (secondary N) is 1. The maximum absolute atomic E-state index is 11.5. The molecule has 2 aromatic rings. The van der Waals surface area contributed by atoms with Crippen LogP contribution in [0.25, 0.3) is 11.3 Å². The Morgan fingerprint density at radius 1 is 1.27 bits per heavy atom. The highest BCUT2D eigenvalue weighted by molar-refractivity contribution is 5.84. The van der Waals surface area contributed by atoms with E-state index in [1.54, 1.807) is 6.20 Å². The van der Waals surface area contributed by atoms with Gasteiger partial charge in [-0.1, -0.05) is 35.5 Å². The summed E-state index contributed by atoms with van der Waals surface area (Å²) >= 11 is 0. The van der Waals surface area contributed by atoms with Gasteiger partial charge < -0.3 is 30.5 Å². The Labute approximate surface area is 171 Å². The Balaban J connectivity index is 1.75. The number of aromatic nitrogens is 3. The standard InChI is InChI=1S/C19H22N4O7/c1-10(24)20-16-13(25)7-15(19(28)29)30-18(16)17(27)14(26)9-23-8-12(21-22-23)11-5-3-2-4-6-11/h2-8,13-14,16-18,25-27H,9H2,1H3,(H,20,24)(H,28,29)/t13-,14-,16+,17-,18?/m0/s1. The summed E-state index contributed by atoms with van der Waals surface area (Å²) in [6.45, 7) is 1.01. The monoisotopic (exact) mass is 418 g/mol. The van der Waals surface area contributed by atoms with Gasteiger partial charge in [0.15, 0.2) is 6.10 Å². The molecular weight excluding hydrogens is 396 g/mol. The van der Waals surface area contributed by atoms with Gasteiger partial charge in [-0.2, -0.15) is 0 Å². The summed E-state index contributed by atoms with van der Waals surface area (Å²) in [5.74, 6) is -2.57. The Hall–Kier alpha value is -3.28. The summed E-state index contributed by atoms with van der Waals surface area (Å²) in [6, 6.07) is 8.07. The zero-order valence-electron chi connectivity index (χ0n) is 16.0. The molecule has 2 heterocycles. The molecule has 0 aliphatic carbocycles. The summed E-state index contributed by atoms with van der Waals surface area (Å²) in [5.41, 5.74) is 1.38. The smallest absolute Gasteiger partial charge is 0.370 e. The highest BCUT2D eigenvalue weighted by atomic mass is 16.5. The molecule has 1 aliphatic heterocycles. The molecule has 1 aromatic carbocycles. The predicted octanol–water partition coefficient (Wildman–Crippen LogP) is -1.10. The summed E-state index contributed by atoms with van der Waals surface area (Å²) in [5, 5.41) is 50.8. The van der Waals surface area contributed by atoms with Gasteiger partial charge >= 0.3 is 5.97 Å². The highest BCUT2D eigenvalue weighted by Gasteiger charge is 2.43. The summed E-state index contributed by atoms with van der Waals surface area (Å²) in [4.78, 5) is 22.7. The number of carbonyl (C=O) groups is 2. The number of carbonyl (C=O) groups excluding carboxylic acids is 1. The number of aliphatic carboxylic acids is 1. The van der Waals surface area contributed by atoms with Crippen LogP contribution < -0.4 is 5.32 Å². The lowest BCUT2D eigenvalue weighted by Gasteiger charge is -2.38. The van der Waals surface area contributed by atoms with Crippen LogP contribution in [0.4, 0.5) is 0 Å². The molecule has 11 heteroatoms. The van der Waals surface area contributed by atoms with E-state index in [0.717, 1.165) is 11.6 Å². The van der Waals surface area contributed by atoms with E-state index in [1.165, 1.54) is 11.6 Å². The second-order valence-electron chi connectivity index (χ2n) is 6.89. The third kappa shape index (κ3) is 4.82. The number of rotatable bonds is 7. The maximum Gasteiger partial charge on any atom is 0.370 e. The number of amides is 1. The Bertz CT molecular complexity index is 930. The van der Waals surface area contributed by atoms with E-state index in [-0.39, 0.29) is 6.54 Å². The first kappa shape index (κ1) is 21.4. The number of ether oxygens (including phenoxy) is 1. The van der Waals surface area contributed by atoms with Crippen LogP contribution in [-0.2, 0) is 20.9 Å². The molecule has 5 N–H and O–H groups in total. The molecule has 1 aliphatic rings. The van der Waals surface area contributed by atoms with Crippen molar-refractivity contribution < 1.29 is 34.8 Å². The lowest BCUT2D eigenvalue weighted by molar-refractivity contribution is -0.148. The third-order valence-corrected chi connectivity index (χ3v) is 4.60. The van der Waals surface area contributed by atoms with Crippen molar-refractivity contribution in [2.24, 2.45) is 0 Å². The van der Waals surface area contributed by atoms with Gasteiger partial charge in [-0.3, -0.25) is 4.79 Å². The van der Waals surface area contributed by atoms with Crippen LogP contribution in [0, 0.1) is 0 Å². The molecule has 30 heavy (non-hydrogen) atoms. The van der Waals surface area contributed by atoms with Crippen molar-refractivity contribution >= 4 is 11.9 Å². The van der Waals surface area contributed by atoms with Gasteiger partial charge in [0, 0.05) is 12.5 Å². The number of hydrogen-bond acceptors (Lipinski definition) is 8. The number of hydrogen-bond donors (Lipinski definition) is 5. The van der Waals surface area contributed by atoms with Gasteiger partial charge in [-0.15, -0.1) is 5.10 Å². The normalized spacial score (nSPS) is 23.1. The molecule has 0 fully saturated rings. The van der Waals surface area contributed by atoms with Gasteiger partial charge in [-0.25, -0.2) is 9.48 Å². The van der Waals surface area contributed by atoms with Gasteiger partial charge in [0.2, 0.25) is 11.7 Å². The molecule has 1 unspecified atom stereocenters. The van der Waals surface area contributed by atoms with E-state index in [0.29, 0.717) is 5.69 Å². The summed E-state index contributed by atoms with van der Waals surface area (Å²) in [7, 11) is 0. The van der Waals surface area contributed by atoms with E-state index in [4.69, 9.17) is 9.84 Å². The van der Waals surface area contributed by atoms with E-state index < -0.39 is 48.1 Å². The number of aliphatic hydroxyl groups excluding tert-OH is 3.